The molecule has 0 unspecified atom stereocenters. The average Bonchev–Trinajstić information content (AvgIpc) is 3.23. The Hall–Kier alpha value is -2.12. The number of carbonyl (C=O) groups excluding carboxylic acids is 2. The average molecular weight is 359 g/mol. The third-order valence-electron chi connectivity index (χ3n) is 3.56. The van der Waals surface area contributed by atoms with Crippen molar-refractivity contribution in [1.82, 2.24) is 9.88 Å². The number of amides is 2. The van der Waals surface area contributed by atoms with Gasteiger partial charge in [0.2, 0.25) is 11.8 Å². The summed E-state index contributed by atoms with van der Waals surface area (Å²) < 4.78 is 0. The van der Waals surface area contributed by atoms with E-state index in [0.29, 0.717) is 23.3 Å². The third kappa shape index (κ3) is 3.68. The van der Waals surface area contributed by atoms with Crippen LogP contribution in [-0.4, -0.2) is 46.4 Å². The molecule has 0 bridgehead atoms. The minimum Gasteiger partial charge on any atom is -0.323 e. The molecule has 0 radical (unpaired) electrons. The quantitative estimate of drug-likeness (QED) is 0.744. The number of aromatic nitrogens is 1. The molecule has 0 N–H and O–H groups in total. The number of rotatable bonds is 6. The Balaban J connectivity index is 1.78. The Morgan fingerprint density at radius 1 is 1.38 bits per heavy atom. The Kier molecular flexibility index (Phi) is 5.32. The molecule has 7 heteroatoms. The summed E-state index contributed by atoms with van der Waals surface area (Å²) in [5, 5.41) is 2.56. The van der Waals surface area contributed by atoms with Crippen LogP contribution in [0.3, 0.4) is 0 Å². The molecule has 0 aliphatic carbocycles. The summed E-state index contributed by atoms with van der Waals surface area (Å²) in [6.45, 7) is 4.17. The molecule has 124 valence electrons. The lowest BCUT2D eigenvalue weighted by Gasteiger charge is -2.21. The van der Waals surface area contributed by atoms with Gasteiger partial charge in [-0.15, -0.1) is 29.7 Å². The lowest BCUT2D eigenvalue weighted by molar-refractivity contribution is -0.131. The summed E-state index contributed by atoms with van der Waals surface area (Å²) >= 11 is 2.94. The Bertz CT molecular complexity index is 745. The van der Waals surface area contributed by atoms with Crippen LogP contribution in [0.5, 0.6) is 0 Å². The lowest BCUT2D eigenvalue weighted by Crippen LogP contribution is -2.41. The molecule has 3 rings (SSSR count). The number of benzene rings is 1. The zero-order valence-corrected chi connectivity index (χ0v) is 14.7. The number of thiazole rings is 1. The molecule has 2 heterocycles. The molecule has 1 aliphatic rings. The molecular weight excluding hydrogens is 342 g/mol. The van der Waals surface area contributed by atoms with Crippen molar-refractivity contribution in [1.29, 1.82) is 0 Å². The van der Waals surface area contributed by atoms with Gasteiger partial charge in [0.15, 0.2) is 5.13 Å². The van der Waals surface area contributed by atoms with E-state index in [1.165, 1.54) is 23.1 Å². The Morgan fingerprint density at radius 2 is 2.17 bits per heavy atom. The van der Waals surface area contributed by atoms with Crippen molar-refractivity contribution in [3.05, 3.63) is 48.4 Å². The molecule has 5 nitrogen and oxygen atoms in total. The maximum absolute atomic E-state index is 12.6. The van der Waals surface area contributed by atoms with Crippen molar-refractivity contribution in [2.24, 2.45) is 0 Å². The van der Waals surface area contributed by atoms with E-state index in [0.717, 1.165) is 11.3 Å². The first-order valence-corrected chi connectivity index (χ1v) is 9.50. The van der Waals surface area contributed by atoms with Crippen molar-refractivity contribution in [2.45, 2.75) is 0 Å². The number of hydrogen-bond donors (Lipinski definition) is 0. The predicted molar refractivity (Wildman–Crippen MR) is 99.1 cm³/mol. The Labute approximate surface area is 149 Å². The van der Waals surface area contributed by atoms with Crippen molar-refractivity contribution in [3.8, 4) is 11.3 Å². The fourth-order valence-corrected chi connectivity index (χ4v) is 4.10. The minimum atomic E-state index is -0.139. The molecule has 2 amide bonds. The van der Waals surface area contributed by atoms with Gasteiger partial charge in [0.05, 0.1) is 17.3 Å². The fourth-order valence-electron chi connectivity index (χ4n) is 2.33. The van der Waals surface area contributed by atoms with Gasteiger partial charge in [-0.25, -0.2) is 4.98 Å². The molecule has 1 aromatic heterocycles. The van der Waals surface area contributed by atoms with Crippen LogP contribution >= 0.6 is 23.1 Å². The van der Waals surface area contributed by atoms with Crippen LogP contribution in [0.4, 0.5) is 5.13 Å². The van der Waals surface area contributed by atoms with Gasteiger partial charge in [-0.3, -0.25) is 14.5 Å². The van der Waals surface area contributed by atoms with E-state index in [1.807, 2.05) is 35.7 Å². The van der Waals surface area contributed by atoms with Gasteiger partial charge < -0.3 is 4.90 Å². The molecule has 1 aliphatic heterocycles. The third-order valence-corrected chi connectivity index (χ3v) is 5.37. The molecule has 1 fully saturated rings. The monoisotopic (exact) mass is 359 g/mol. The number of carbonyl (C=O) groups is 2. The maximum Gasteiger partial charge on any atom is 0.248 e. The molecule has 2 aromatic rings. The maximum atomic E-state index is 12.6. The molecule has 1 saturated heterocycles. The number of hydrogen-bond acceptors (Lipinski definition) is 5. The number of thioether (sulfide) groups is 1. The minimum absolute atomic E-state index is 0.0102. The van der Waals surface area contributed by atoms with E-state index in [1.54, 1.807) is 15.9 Å². The summed E-state index contributed by atoms with van der Waals surface area (Å²) in [6.07, 6.45) is 1.67. The summed E-state index contributed by atoms with van der Waals surface area (Å²) in [4.78, 5) is 32.1. The van der Waals surface area contributed by atoms with Gasteiger partial charge in [0.25, 0.3) is 0 Å². The highest BCUT2D eigenvalue weighted by molar-refractivity contribution is 8.00. The zero-order valence-electron chi connectivity index (χ0n) is 13.1. The van der Waals surface area contributed by atoms with Crippen LogP contribution in [0.15, 0.2) is 48.4 Å². The zero-order chi connectivity index (χ0) is 16.9. The van der Waals surface area contributed by atoms with Gasteiger partial charge in [0, 0.05) is 17.5 Å². The van der Waals surface area contributed by atoms with E-state index < -0.39 is 0 Å². The second-order valence-corrected chi connectivity index (χ2v) is 7.04. The molecule has 0 spiro atoms. The standard InChI is InChI=1S/C17H17N3O2S2/c1-2-8-20(15(21)9-19-12-23-11-16(19)22)17-18-14(10-24-17)13-6-4-3-5-7-13/h2-7,10H,1,8-9,11-12H2. The fraction of sp³-hybridized carbons (Fsp3) is 0.235. The van der Waals surface area contributed by atoms with Crippen LogP contribution in [0.1, 0.15) is 0 Å². The molecule has 1 aromatic carbocycles. The molecule has 0 saturated carbocycles. The normalized spacial score (nSPS) is 14.0. The van der Waals surface area contributed by atoms with Crippen molar-refractivity contribution < 1.29 is 9.59 Å². The lowest BCUT2D eigenvalue weighted by atomic mass is 10.2. The smallest absolute Gasteiger partial charge is 0.248 e. The van der Waals surface area contributed by atoms with Crippen molar-refractivity contribution >= 4 is 40.0 Å². The van der Waals surface area contributed by atoms with E-state index in [9.17, 15) is 9.59 Å². The second kappa shape index (κ2) is 7.63. The predicted octanol–water partition coefficient (Wildman–Crippen LogP) is 2.86. The first-order chi connectivity index (χ1) is 11.7. The summed E-state index contributed by atoms with van der Waals surface area (Å²) in [5.41, 5.74) is 1.85. The first kappa shape index (κ1) is 16.7. The highest BCUT2D eigenvalue weighted by Gasteiger charge is 2.26. The second-order valence-electron chi connectivity index (χ2n) is 5.24. The van der Waals surface area contributed by atoms with Crippen LogP contribution < -0.4 is 4.90 Å². The SMILES string of the molecule is C=CCN(C(=O)CN1CSCC1=O)c1nc(-c2ccccc2)cs1. The van der Waals surface area contributed by atoms with Crippen LogP contribution in [-0.2, 0) is 9.59 Å². The topological polar surface area (TPSA) is 53.5 Å². The molecule has 0 atom stereocenters. The van der Waals surface area contributed by atoms with E-state index in [-0.39, 0.29) is 18.4 Å². The Morgan fingerprint density at radius 3 is 2.83 bits per heavy atom. The van der Waals surface area contributed by atoms with Crippen molar-refractivity contribution in [2.75, 3.05) is 29.6 Å². The molecular formula is C17H17N3O2S2. The van der Waals surface area contributed by atoms with Gasteiger partial charge in [-0.2, -0.15) is 0 Å². The summed E-state index contributed by atoms with van der Waals surface area (Å²) in [6, 6.07) is 9.84. The van der Waals surface area contributed by atoms with Crippen LogP contribution in [0.2, 0.25) is 0 Å². The largest absolute Gasteiger partial charge is 0.323 e. The highest BCUT2D eigenvalue weighted by atomic mass is 32.2. The van der Waals surface area contributed by atoms with Crippen LogP contribution in [0.25, 0.3) is 11.3 Å². The van der Waals surface area contributed by atoms with Gasteiger partial charge in [-0.1, -0.05) is 36.4 Å². The van der Waals surface area contributed by atoms with E-state index >= 15 is 0 Å². The molecule has 24 heavy (non-hydrogen) atoms. The number of anilines is 1. The summed E-state index contributed by atoms with van der Waals surface area (Å²) in [7, 11) is 0. The highest BCUT2D eigenvalue weighted by Crippen LogP contribution is 2.27. The first-order valence-electron chi connectivity index (χ1n) is 7.47. The van der Waals surface area contributed by atoms with E-state index in [2.05, 4.69) is 11.6 Å². The van der Waals surface area contributed by atoms with E-state index in [4.69, 9.17) is 0 Å². The van der Waals surface area contributed by atoms with Crippen LogP contribution in [0, 0.1) is 0 Å². The number of nitrogens with zero attached hydrogens (tertiary/aromatic N) is 3. The van der Waals surface area contributed by atoms with Gasteiger partial charge in [0.1, 0.15) is 6.54 Å². The van der Waals surface area contributed by atoms with Gasteiger partial charge in [-0.05, 0) is 0 Å². The summed E-state index contributed by atoms with van der Waals surface area (Å²) in [5.74, 6) is 0.889. The van der Waals surface area contributed by atoms with Crippen molar-refractivity contribution in [3.63, 3.8) is 0 Å². The van der Waals surface area contributed by atoms with Gasteiger partial charge >= 0.3 is 0 Å².